The van der Waals surface area contributed by atoms with E-state index in [1.165, 1.54) is 6.08 Å². The zero-order chi connectivity index (χ0) is 5.70. The van der Waals surface area contributed by atoms with Crippen LogP contribution in [0.15, 0.2) is 12.0 Å². The summed E-state index contributed by atoms with van der Waals surface area (Å²) in [6.45, 7) is 4.15. The molecule has 7 heavy (non-hydrogen) atoms. The van der Waals surface area contributed by atoms with Crippen LogP contribution in [0.2, 0.25) is 0 Å². The molecule has 0 atom stereocenters. The first-order valence-corrected chi connectivity index (χ1v) is 2.37. The lowest BCUT2D eigenvalue weighted by molar-refractivity contribution is 0.550. The molecular weight excluding hydrogens is 93.1 g/mol. The van der Waals surface area contributed by atoms with E-state index in [4.69, 9.17) is 0 Å². The Hall–Kier alpha value is -0.530. The van der Waals surface area contributed by atoms with Crippen molar-refractivity contribution >= 4 is 0 Å². The highest BCUT2D eigenvalue weighted by molar-refractivity contribution is 4.83. The Labute approximate surface area is 43.2 Å². The van der Waals surface area contributed by atoms with E-state index in [0.717, 1.165) is 0 Å². The molecule has 0 aliphatic rings. The maximum Gasteiger partial charge on any atom is 0.182 e. The molecule has 0 aromatic carbocycles. The fourth-order valence-corrected chi connectivity index (χ4v) is 0.271. The molecule has 0 aromatic heterocycles. The summed E-state index contributed by atoms with van der Waals surface area (Å²) in [5, 5.41) is 2.49. The van der Waals surface area contributed by atoms with Gasteiger partial charge in [0.05, 0.1) is 0 Å². The van der Waals surface area contributed by atoms with Gasteiger partial charge in [-0.25, -0.2) is 0 Å². The molecule has 0 radical (unpaired) electrons. The summed E-state index contributed by atoms with van der Waals surface area (Å²) in [6.07, 6.45) is 1.39. The van der Waals surface area contributed by atoms with Crippen molar-refractivity contribution in [1.29, 1.82) is 0 Å². The minimum Gasteiger partial charge on any atom is -0.363 e. The molecule has 0 heterocycles. The molecule has 0 aliphatic heterocycles. The maximum atomic E-state index is 11.9. The van der Waals surface area contributed by atoms with Crippen molar-refractivity contribution in [2.45, 2.75) is 13.8 Å². The molecule has 42 valence electrons. The van der Waals surface area contributed by atoms with Gasteiger partial charge in [-0.05, 0) is 19.9 Å². The van der Waals surface area contributed by atoms with Crippen molar-refractivity contribution in [3.05, 3.63) is 12.0 Å². The molecule has 1 nitrogen and oxygen atoms in total. The van der Waals surface area contributed by atoms with Gasteiger partial charge in [0.2, 0.25) is 0 Å². The van der Waals surface area contributed by atoms with Gasteiger partial charge in [0.25, 0.3) is 0 Å². The average molecular weight is 103 g/mol. The molecule has 1 N–H and O–H groups in total. The van der Waals surface area contributed by atoms with E-state index in [1.54, 1.807) is 6.92 Å². The number of halogens is 1. The third-order valence-corrected chi connectivity index (χ3v) is 0.599. The topological polar surface area (TPSA) is 12.0 Å². The van der Waals surface area contributed by atoms with Gasteiger partial charge in [-0.1, -0.05) is 0 Å². The normalized spacial score (nSPS) is 11.6. The molecule has 0 amide bonds. The van der Waals surface area contributed by atoms with E-state index in [9.17, 15) is 4.39 Å². The Morgan fingerprint density at radius 3 is 2.57 bits per heavy atom. The van der Waals surface area contributed by atoms with E-state index in [-0.39, 0.29) is 5.95 Å². The van der Waals surface area contributed by atoms with E-state index in [2.05, 4.69) is 5.32 Å². The van der Waals surface area contributed by atoms with Crippen LogP contribution in [0.25, 0.3) is 0 Å². The van der Waals surface area contributed by atoms with Crippen molar-refractivity contribution in [1.82, 2.24) is 5.32 Å². The van der Waals surface area contributed by atoms with Gasteiger partial charge in [-0.15, -0.1) is 0 Å². The maximum absolute atomic E-state index is 11.9. The van der Waals surface area contributed by atoms with Crippen LogP contribution in [0.5, 0.6) is 0 Å². The zero-order valence-electron chi connectivity index (χ0n) is 4.66. The fourth-order valence-electron chi connectivity index (χ4n) is 0.271. The Bertz CT molecular complexity index is 68.5. The summed E-state index contributed by atoms with van der Waals surface area (Å²) < 4.78 is 11.9. The fraction of sp³-hybridized carbons (Fsp3) is 0.600. The Morgan fingerprint density at radius 1 is 1.86 bits per heavy atom. The molecule has 0 spiro atoms. The average Bonchev–Trinajstić information content (AvgIpc) is 1.68. The molecule has 0 saturated heterocycles. The number of nitrogens with one attached hydrogen (secondary N) is 1. The summed E-state index contributed by atoms with van der Waals surface area (Å²) in [4.78, 5) is 0. The highest BCUT2D eigenvalue weighted by Gasteiger charge is 1.81. The predicted molar refractivity (Wildman–Crippen MR) is 28.5 cm³/mol. The van der Waals surface area contributed by atoms with Gasteiger partial charge in [-0.3, -0.25) is 0 Å². The molecular formula is C5H10FN. The molecule has 0 unspecified atom stereocenters. The van der Waals surface area contributed by atoms with Crippen LogP contribution >= 0.6 is 0 Å². The van der Waals surface area contributed by atoms with Crippen LogP contribution in [0.3, 0.4) is 0 Å². The number of rotatable bonds is 2. The highest BCUT2D eigenvalue weighted by Crippen LogP contribution is 1.85. The van der Waals surface area contributed by atoms with Gasteiger partial charge in [-0.2, -0.15) is 4.39 Å². The first kappa shape index (κ1) is 6.47. The summed E-state index contributed by atoms with van der Waals surface area (Å²) >= 11 is 0. The largest absolute Gasteiger partial charge is 0.363 e. The number of hydrogen-bond donors (Lipinski definition) is 1. The summed E-state index contributed by atoms with van der Waals surface area (Å²) in [6, 6.07) is 0. The van der Waals surface area contributed by atoms with Crippen molar-refractivity contribution in [2.24, 2.45) is 0 Å². The van der Waals surface area contributed by atoms with E-state index < -0.39 is 0 Å². The SMILES string of the molecule is C/C=C(/F)NCC. The first-order chi connectivity index (χ1) is 3.31. The second kappa shape index (κ2) is 3.65. The van der Waals surface area contributed by atoms with Crippen LogP contribution < -0.4 is 5.32 Å². The summed E-state index contributed by atoms with van der Waals surface area (Å²) in [5.74, 6) is -0.248. The molecule has 0 fully saturated rings. The van der Waals surface area contributed by atoms with E-state index in [0.29, 0.717) is 6.54 Å². The first-order valence-electron chi connectivity index (χ1n) is 2.37. The van der Waals surface area contributed by atoms with Crippen LogP contribution in [0.4, 0.5) is 4.39 Å². The van der Waals surface area contributed by atoms with Crippen molar-refractivity contribution in [2.75, 3.05) is 6.54 Å². The third kappa shape index (κ3) is 3.30. The van der Waals surface area contributed by atoms with Crippen molar-refractivity contribution < 1.29 is 4.39 Å². The molecule has 2 heteroatoms. The zero-order valence-corrected chi connectivity index (χ0v) is 4.66. The van der Waals surface area contributed by atoms with Gasteiger partial charge in [0.15, 0.2) is 5.95 Å². The van der Waals surface area contributed by atoms with E-state index >= 15 is 0 Å². The smallest absolute Gasteiger partial charge is 0.182 e. The van der Waals surface area contributed by atoms with Gasteiger partial charge < -0.3 is 5.32 Å². The van der Waals surface area contributed by atoms with Gasteiger partial charge in [0, 0.05) is 6.54 Å². The Morgan fingerprint density at radius 2 is 2.43 bits per heavy atom. The highest BCUT2D eigenvalue weighted by atomic mass is 19.1. The molecule has 0 bridgehead atoms. The molecule has 0 saturated carbocycles. The monoisotopic (exact) mass is 103 g/mol. The Kier molecular flexibility index (Phi) is 3.38. The lowest BCUT2D eigenvalue weighted by atomic mass is 10.6. The lowest BCUT2D eigenvalue weighted by Gasteiger charge is -1.93. The second-order valence-electron chi connectivity index (χ2n) is 1.17. The minimum absolute atomic E-state index is 0.248. The predicted octanol–water partition coefficient (Wildman–Crippen LogP) is 1.43. The third-order valence-electron chi connectivity index (χ3n) is 0.599. The second-order valence-corrected chi connectivity index (χ2v) is 1.17. The van der Waals surface area contributed by atoms with Crippen molar-refractivity contribution in [3.8, 4) is 0 Å². The minimum atomic E-state index is -0.248. The molecule has 0 rings (SSSR count). The van der Waals surface area contributed by atoms with Crippen LogP contribution in [0, 0.1) is 0 Å². The number of allylic oxidation sites excluding steroid dienone is 1. The lowest BCUT2D eigenvalue weighted by Crippen LogP contribution is -2.07. The summed E-state index contributed by atoms with van der Waals surface area (Å²) in [5.41, 5.74) is 0. The van der Waals surface area contributed by atoms with Crippen LogP contribution in [-0.2, 0) is 0 Å². The molecule has 0 aliphatic carbocycles. The van der Waals surface area contributed by atoms with Gasteiger partial charge >= 0.3 is 0 Å². The number of hydrogen-bond acceptors (Lipinski definition) is 1. The Balaban J connectivity index is 3.17. The quantitative estimate of drug-likeness (QED) is 0.521. The van der Waals surface area contributed by atoms with Crippen LogP contribution in [0.1, 0.15) is 13.8 Å². The van der Waals surface area contributed by atoms with Gasteiger partial charge in [0.1, 0.15) is 0 Å². The van der Waals surface area contributed by atoms with Crippen LogP contribution in [-0.4, -0.2) is 6.54 Å². The standard InChI is InChI=1S/C5H10FN/c1-3-5(6)7-4-2/h3,7H,4H2,1-2H3/b5-3-. The van der Waals surface area contributed by atoms with E-state index in [1.807, 2.05) is 6.92 Å². The van der Waals surface area contributed by atoms with Crippen molar-refractivity contribution in [3.63, 3.8) is 0 Å². The summed E-state index contributed by atoms with van der Waals surface area (Å²) in [7, 11) is 0. The molecule has 0 aromatic rings.